The molecule has 0 unspecified atom stereocenters. The third-order valence-electron chi connectivity index (χ3n) is 1.98. The Morgan fingerprint density at radius 2 is 2.20 bits per heavy atom. The van der Waals surface area contributed by atoms with Crippen LogP contribution in [0.2, 0.25) is 10.2 Å². The first kappa shape index (κ1) is 10.2. The molecule has 0 saturated carbocycles. The largest absolute Gasteiger partial charge is 0.476 e. The van der Waals surface area contributed by atoms with E-state index in [4.69, 9.17) is 28.3 Å². The molecule has 0 spiro atoms. The van der Waals surface area contributed by atoms with Gasteiger partial charge in [0.25, 0.3) is 0 Å². The number of aromatic nitrogens is 3. The van der Waals surface area contributed by atoms with Gasteiger partial charge in [0.15, 0.2) is 16.5 Å². The molecule has 0 amide bonds. The van der Waals surface area contributed by atoms with Gasteiger partial charge < -0.3 is 5.11 Å². The number of hydrogen-bond acceptors (Lipinski definition) is 3. The van der Waals surface area contributed by atoms with E-state index in [2.05, 4.69) is 10.1 Å². The molecule has 5 nitrogen and oxygen atoms in total. The predicted molar refractivity (Wildman–Crippen MR) is 54.7 cm³/mol. The smallest absolute Gasteiger partial charge is 0.356 e. The van der Waals surface area contributed by atoms with Gasteiger partial charge in [-0.05, 0) is 6.92 Å². The van der Waals surface area contributed by atoms with Crippen molar-refractivity contribution < 1.29 is 9.90 Å². The summed E-state index contributed by atoms with van der Waals surface area (Å²) in [6.45, 7) is 1.69. The van der Waals surface area contributed by atoms with Gasteiger partial charge >= 0.3 is 5.97 Å². The van der Waals surface area contributed by atoms with E-state index in [-0.39, 0.29) is 16.5 Å². The highest BCUT2D eigenvalue weighted by Crippen LogP contribution is 2.25. The van der Waals surface area contributed by atoms with Crippen LogP contribution < -0.4 is 0 Å². The van der Waals surface area contributed by atoms with E-state index < -0.39 is 5.97 Å². The number of fused-ring (bicyclic) bond motifs is 1. The minimum Gasteiger partial charge on any atom is -0.476 e. The zero-order valence-electron chi connectivity index (χ0n) is 7.53. The van der Waals surface area contributed by atoms with Crippen LogP contribution in [0.4, 0.5) is 0 Å². The lowest BCUT2D eigenvalue weighted by molar-refractivity contribution is 0.0688. The number of imidazole rings is 1. The predicted octanol–water partition coefficient (Wildman–Crippen LogP) is 2.04. The van der Waals surface area contributed by atoms with Crippen LogP contribution in [0.1, 0.15) is 16.1 Å². The molecule has 2 aromatic rings. The van der Waals surface area contributed by atoms with E-state index in [1.807, 2.05) is 0 Å². The quantitative estimate of drug-likeness (QED) is 0.835. The van der Waals surface area contributed by atoms with Crippen LogP contribution in [0.15, 0.2) is 6.20 Å². The number of rotatable bonds is 1. The first-order chi connectivity index (χ1) is 7.02. The van der Waals surface area contributed by atoms with Gasteiger partial charge in [-0.1, -0.05) is 23.2 Å². The average molecular weight is 246 g/mol. The Morgan fingerprint density at radius 1 is 1.53 bits per heavy atom. The van der Waals surface area contributed by atoms with Crippen molar-refractivity contribution in [3.63, 3.8) is 0 Å². The molecule has 7 heteroatoms. The first-order valence-corrected chi connectivity index (χ1v) is 4.70. The van der Waals surface area contributed by atoms with Gasteiger partial charge in [0.05, 0.1) is 11.2 Å². The standard InChI is InChI=1S/C8H5Cl2N3O2/c1-3-5(9)7-11-2-4(8(14)15)13(7)12-6(3)10/h2H,1H3,(H,14,15). The van der Waals surface area contributed by atoms with Crippen molar-refractivity contribution in [3.8, 4) is 0 Å². The van der Waals surface area contributed by atoms with Crippen LogP contribution in [0, 0.1) is 6.92 Å². The van der Waals surface area contributed by atoms with Gasteiger partial charge in [-0.3, -0.25) is 0 Å². The maximum absolute atomic E-state index is 10.8. The molecule has 0 radical (unpaired) electrons. The van der Waals surface area contributed by atoms with Crippen molar-refractivity contribution >= 4 is 34.8 Å². The minimum absolute atomic E-state index is 0.0752. The van der Waals surface area contributed by atoms with E-state index in [0.717, 1.165) is 4.52 Å². The fourth-order valence-corrected chi connectivity index (χ4v) is 1.60. The molecule has 2 heterocycles. The molecule has 0 aliphatic rings. The molecule has 0 bridgehead atoms. The molecule has 78 valence electrons. The Hall–Kier alpha value is -1.33. The number of halogens is 2. The van der Waals surface area contributed by atoms with E-state index in [1.54, 1.807) is 6.92 Å². The second kappa shape index (κ2) is 3.36. The molecule has 0 aromatic carbocycles. The van der Waals surface area contributed by atoms with Gasteiger partial charge in [0, 0.05) is 5.56 Å². The normalized spacial score (nSPS) is 10.9. The van der Waals surface area contributed by atoms with Crippen molar-refractivity contribution in [1.29, 1.82) is 0 Å². The Bertz CT molecular complexity index is 565. The summed E-state index contributed by atoms with van der Waals surface area (Å²) in [4.78, 5) is 14.7. The Labute approximate surface area is 94.2 Å². The van der Waals surface area contributed by atoms with Crippen LogP contribution in [0.5, 0.6) is 0 Å². The fourth-order valence-electron chi connectivity index (χ4n) is 1.16. The topological polar surface area (TPSA) is 67.5 Å². The van der Waals surface area contributed by atoms with Crippen molar-refractivity contribution in [2.45, 2.75) is 6.92 Å². The van der Waals surface area contributed by atoms with Gasteiger partial charge in [0.2, 0.25) is 0 Å². The van der Waals surface area contributed by atoms with Crippen LogP contribution in [-0.2, 0) is 0 Å². The van der Waals surface area contributed by atoms with Gasteiger partial charge in [-0.2, -0.15) is 5.10 Å². The number of carbonyl (C=O) groups is 1. The van der Waals surface area contributed by atoms with E-state index in [0.29, 0.717) is 10.6 Å². The minimum atomic E-state index is -1.13. The molecule has 0 aliphatic carbocycles. The number of aromatic carboxylic acids is 1. The lowest BCUT2D eigenvalue weighted by Crippen LogP contribution is -2.05. The third-order valence-corrected chi connectivity index (χ3v) is 2.79. The van der Waals surface area contributed by atoms with Crippen LogP contribution in [0.3, 0.4) is 0 Å². The fraction of sp³-hybridized carbons (Fsp3) is 0.125. The zero-order chi connectivity index (χ0) is 11.2. The van der Waals surface area contributed by atoms with Gasteiger partial charge in [0.1, 0.15) is 0 Å². The summed E-state index contributed by atoms with van der Waals surface area (Å²) in [5.41, 5.74) is 0.790. The SMILES string of the molecule is Cc1c(Cl)nn2c(C(=O)O)cnc2c1Cl. The van der Waals surface area contributed by atoms with Gasteiger partial charge in [-0.25, -0.2) is 14.3 Å². The number of nitrogens with zero attached hydrogens (tertiary/aromatic N) is 3. The summed E-state index contributed by atoms with van der Waals surface area (Å²) in [6, 6.07) is 0. The molecular formula is C8H5Cl2N3O2. The van der Waals surface area contributed by atoms with E-state index >= 15 is 0 Å². The van der Waals surface area contributed by atoms with Gasteiger partial charge in [-0.15, -0.1) is 0 Å². The molecule has 1 N–H and O–H groups in total. The van der Waals surface area contributed by atoms with Crippen molar-refractivity contribution in [3.05, 3.63) is 27.6 Å². The maximum Gasteiger partial charge on any atom is 0.356 e. The average Bonchev–Trinajstić information content (AvgIpc) is 2.58. The zero-order valence-corrected chi connectivity index (χ0v) is 9.04. The monoisotopic (exact) mass is 245 g/mol. The summed E-state index contributed by atoms with van der Waals surface area (Å²) in [6.07, 6.45) is 1.19. The molecule has 0 atom stereocenters. The highest BCUT2D eigenvalue weighted by atomic mass is 35.5. The van der Waals surface area contributed by atoms with Crippen LogP contribution in [0.25, 0.3) is 5.65 Å². The lowest BCUT2D eigenvalue weighted by Gasteiger charge is -2.02. The molecular weight excluding hydrogens is 241 g/mol. The Balaban J connectivity index is 2.89. The molecule has 0 fully saturated rings. The summed E-state index contributed by atoms with van der Waals surface area (Å²) in [7, 11) is 0. The Kier molecular flexibility index (Phi) is 2.28. The maximum atomic E-state index is 10.8. The summed E-state index contributed by atoms with van der Waals surface area (Å²) >= 11 is 11.7. The first-order valence-electron chi connectivity index (χ1n) is 3.95. The second-order valence-electron chi connectivity index (χ2n) is 2.91. The van der Waals surface area contributed by atoms with E-state index in [1.165, 1.54) is 6.20 Å². The summed E-state index contributed by atoms with van der Waals surface area (Å²) in [5, 5.41) is 13.2. The molecule has 0 saturated heterocycles. The highest BCUT2D eigenvalue weighted by molar-refractivity contribution is 6.37. The lowest BCUT2D eigenvalue weighted by atomic mass is 10.3. The van der Waals surface area contributed by atoms with Crippen molar-refractivity contribution in [1.82, 2.24) is 14.6 Å². The van der Waals surface area contributed by atoms with Crippen molar-refractivity contribution in [2.75, 3.05) is 0 Å². The number of hydrogen-bond donors (Lipinski definition) is 1. The number of carboxylic acids is 1. The summed E-state index contributed by atoms with van der Waals surface area (Å²) in [5.74, 6) is -1.13. The second-order valence-corrected chi connectivity index (χ2v) is 3.65. The molecule has 15 heavy (non-hydrogen) atoms. The summed E-state index contributed by atoms with van der Waals surface area (Å²) < 4.78 is 1.11. The van der Waals surface area contributed by atoms with Crippen LogP contribution >= 0.6 is 23.2 Å². The van der Waals surface area contributed by atoms with E-state index in [9.17, 15) is 4.79 Å². The Morgan fingerprint density at radius 3 is 2.80 bits per heavy atom. The molecule has 2 rings (SSSR count). The van der Waals surface area contributed by atoms with Crippen molar-refractivity contribution in [2.24, 2.45) is 0 Å². The van der Waals surface area contributed by atoms with Crippen LogP contribution in [-0.4, -0.2) is 25.7 Å². The molecule has 0 aliphatic heterocycles. The molecule has 2 aromatic heterocycles. The highest BCUT2D eigenvalue weighted by Gasteiger charge is 2.16. The number of carboxylic acid groups (broad SMARTS) is 1. The third kappa shape index (κ3) is 1.44.